The minimum Gasteiger partial charge on any atom is -0.375 e. The van der Waals surface area contributed by atoms with Gasteiger partial charge in [-0.15, -0.1) is 0 Å². The number of imidazole rings is 1. The first-order chi connectivity index (χ1) is 58.7. The summed E-state index contributed by atoms with van der Waals surface area (Å²) in [5, 5.41) is 0. The number of nitrogens with zero attached hydrogens (tertiary/aromatic N) is 7. The van der Waals surface area contributed by atoms with Crippen LogP contribution < -0.4 is 0 Å². The van der Waals surface area contributed by atoms with Crippen molar-refractivity contribution in [3.63, 3.8) is 0 Å². The Balaban J connectivity index is 0.000000489. The van der Waals surface area contributed by atoms with Crippen LogP contribution in [0.4, 0.5) is 0 Å². The highest BCUT2D eigenvalue weighted by molar-refractivity contribution is 5.38. The van der Waals surface area contributed by atoms with E-state index in [1.807, 2.05) is 6.20 Å². The molecular weight excluding hydrogens is 1580 g/mol. The maximum atomic E-state index is 5.78. The predicted molar refractivity (Wildman–Crippen MR) is 582 cm³/mol. The standard InChI is InChI=1S/C14H27N.2C14H22.C13H20.2C12H25N.C11H23NO.C11H23N.C10H18N2.C10H21N/c1-10(2)15-12-6-7-13(15)9-11(8-12)14(3,4)5;1-13(2,3)11-8-7-9-12(10-11)14(4,5)6;1-13(2,3)11-9-7-8-10-12(11)14(4,5)6;1-10(2)11-6-8-12(9-7-11)13(3,4)5;1-10(2)13-8-6-11(7-9-13)12(3,4)5;1-10(2)13-8-6-7-11(9-13)12(3,4)5;1-9(2)12-6-7-13-10(8-12)11(3,4)5;1-9(2)12-7-6-10(8-12)11(3,4)5;1-7(2)8-6-11-9(12-8)10(3,4)5;1-8(2)9-6-11(7-9)10(3,4)5/h10-13H,6-9H2,1-5H3;2*7-10H,1-6H3;6-10H,1-5H3;2*10-11H,6-9H2,1-5H3;9-10H,6-8H2,1-5H3;9-10H,6-8H2,1-5H3;6-7H,1-5H3,(H,11,12);8-9H,6-7H2,1-5H3. The highest BCUT2D eigenvalue weighted by Crippen LogP contribution is 2.47. The Morgan fingerprint density at radius 2 is 0.723 bits per heavy atom. The molecule has 7 saturated heterocycles. The lowest BCUT2D eigenvalue weighted by atomic mass is 9.73. The highest BCUT2D eigenvalue weighted by Gasteiger charge is 2.45. The zero-order valence-electron chi connectivity index (χ0n) is 96.9. The summed E-state index contributed by atoms with van der Waals surface area (Å²) in [6.07, 6.45) is 15.1. The van der Waals surface area contributed by atoms with Crippen molar-refractivity contribution in [3.8, 4) is 0 Å². The van der Waals surface area contributed by atoms with E-state index < -0.39 is 0 Å². The van der Waals surface area contributed by atoms with E-state index in [0.29, 0.717) is 51.2 Å². The van der Waals surface area contributed by atoms with Crippen LogP contribution in [0.5, 0.6) is 0 Å². The summed E-state index contributed by atoms with van der Waals surface area (Å²) >= 11 is 0. The molecule has 7 aliphatic heterocycles. The Labute approximate surface area is 813 Å². The lowest BCUT2D eigenvalue weighted by molar-refractivity contribution is -0.0866. The number of hydrogen-bond donors (Lipinski definition) is 1. The van der Waals surface area contributed by atoms with Crippen LogP contribution in [0.3, 0.4) is 0 Å². The van der Waals surface area contributed by atoms with Gasteiger partial charge in [0.25, 0.3) is 0 Å². The van der Waals surface area contributed by atoms with Gasteiger partial charge >= 0.3 is 0 Å². The maximum absolute atomic E-state index is 5.78. The number of fused-ring (bicyclic) bond motifs is 2. The molecule has 9 nitrogen and oxygen atoms in total. The Kier molecular flexibility index (Phi) is 48.6. The van der Waals surface area contributed by atoms with Gasteiger partial charge in [-0.25, -0.2) is 4.98 Å². The Morgan fingerprint density at radius 1 is 0.338 bits per heavy atom. The first-order valence-electron chi connectivity index (χ1n) is 53.2. The third-order valence-electron chi connectivity index (χ3n) is 29.8. The van der Waals surface area contributed by atoms with E-state index >= 15 is 0 Å². The summed E-state index contributed by atoms with van der Waals surface area (Å²) in [6, 6.07) is 32.1. The van der Waals surface area contributed by atoms with Gasteiger partial charge in [0.1, 0.15) is 5.82 Å². The molecule has 4 aromatic rings. The molecule has 756 valence electrons. The molecule has 8 heterocycles. The van der Waals surface area contributed by atoms with Crippen molar-refractivity contribution >= 4 is 0 Å². The molecule has 5 atom stereocenters. The fraction of sp³-hybridized carbons (Fsp3) is 0.826. The number of hydrogen-bond acceptors (Lipinski definition) is 8. The second kappa shape index (κ2) is 51.5. The molecule has 0 saturated carbocycles. The zero-order valence-corrected chi connectivity index (χ0v) is 96.9. The van der Waals surface area contributed by atoms with Gasteiger partial charge in [0.15, 0.2) is 0 Å². The number of piperidine rings is 3. The van der Waals surface area contributed by atoms with E-state index in [1.54, 1.807) is 0 Å². The molecule has 11 rings (SSSR count). The molecule has 0 radical (unpaired) electrons. The fourth-order valence-electron chi connectivity index (χ4n) is 19.0. The number of aromatic amines is 1. The number of ether oxygens (including phenoxy) is 1. The average molecular weight is 1810 g/mol. The largest absolute Gasteiger partial charge is 0.375 e. The van der Waals surface area contributed by atoms with Crippen LogP contribution in [0, 0.1) is 62.6 Å². The third-order valence-corrected chi connectivity index (χ3v) is 29.8. The van der Waals surface area contributed by atoms with Gasteiger partial charge in [-0.3, -0.25) is 14.7 Å². The minimum atomic E-state index is 0.132. The quantitative estimate of drug-likeness (QED) is 0.187. The van der Waals surface area contributed by atoms with Crippen LogP contribution >= 0.6 is 0 Å². The van der Waals surface area contributed by atoms with E-state index in [9.17, 15) is 0 Å². The van der Waals surface area contributed by atoms with Crippen LogP contribution in [0.25, 0.3) is 0 Å². The van der Waals surface area contributed by atoms with Gasteiger partial charge in [0.2, 0.25) is 0 Å². The normalized spacial score (nSPS) is 21.5. The van der Waals surface area contributed by atoms with E-state index in [4.69, 9.17) is 4.74 Å². The van der Waals surface area contributed by atoms with Crippen molar-refractivity contribution in [2.24, 2.45) is 62.6 Å². The summed E-state index contributed by atoms with van der Waals surface area (Å²) < 4.78 is 5.78. The summed E-state index contributed by atoms with van der Waals surface area (Å²) in [5.41, 5.74) is 13.9. The van der Waals surface area contributed by atoms with Crippen molar-refractivity contribution in [2.75, 3.05) is 72.1 Å². The number of rotatable bonds is 8. The Bertz CT molecular complexity index is 3570. The topological polar surface area (TPSA) is 57.4 Å². The number of aromatic nitrogens is 2. The van der Waals surface area contributed by atoms with Crippen LogP contribution in [0.15, 0.2) is 79.0 Å². The number of H-pyrrole nitrogens is 1. The van der Waals surface area contributed by atoms with Gasteiger partial charge in [0.05, 0.1) is 12.7 Å². The van der Waals surface area contributed by atoms with Crippen LogP contribution in [0.1, 0.15) is 475 Å². The molecule has 7 fully saturated rings. The van der Waals surface area contributed by atoms with Gasteiger partial charge in [-0.2, -0.15) is 0 Å². The van der Waals surface area contributed by atoms with E-state index in [1.165, 1.54) is 149 Å². The van der Waals surface area contributed by atoms with Crippen molar-refractivity contribution in [1.29, 1.82) is 0 Å². The first-order valence-corrected chi connectivity index (χ1v) is 53.2. The second-order valence-electron chi connectivity index (χ2n) is 56.1. The van der Waals surface area contributed by atoms with Crippen molar-refractivity contribution in [1.82, 2.24) is 39.4 Å². The summed E-state index contributed by atoms with van der Waals surface area (Å²) in [7, 11) is 0. The van der Waals surface area contributed by atoms with Gasteiger partial charge in [-0.1, -0.05) is 343 Å². The molecule has 1 N–H and O–H groups in total. The van der Waals surface area contributed by atoms with Crippen molar-refractivity contribution in [3.05, 3.63) is 124 Å². The Hall–Kier alpha value is -3.41. The first kappa shape index (κ1) is 123. The lowest BCUT2D eigenvalue weighted by Crippen LogP contribution is -2.57. The molecule has 0 amide bonds. The molecule has 0 aliphatic carbocycles. The SMILES string of the molecule is CC(C)(C)c1cccc(C(C)(C)C)c1.CC(C)(C)c1ccccc1C(C)(C)C.CC(C)C1CN(C(C)(C)C)C1.CC(C)N1C2CCC1CC(C(C)(C)C)C2.CC(C)N1CCC(C(C)(C)C)C1.CC(C)N1CCC(C(C)(C)C)CC1.CC(C)N1CCCC(C(C)(C)C)C1.CC(C)N1CCOC(C(C)(C)C)C1.CC(C)c1ccc(C(C)(C)C)cc1.CC(C)c1cnc(C(C)(C)C)[nH]1. The van der Waals surface area contributed by atoms with Gasteiger partial charge in [0, 0.05) is 104 Å². The molecule has 2 bridgehead atoms. The molecular formula is C121H226N8O. The number of nitrogens with one attached hydrogen (secondary N) is 1. The highest BCUT2D eigenvalue weighted by atomic mass is 16.5. The van der Waals surface area contributed by atoms with Crippen molar-refractivity contribution < 1.29 is 4.74 Å². The zero-order chi connectivity index (χ0) is 101. The molecule has 130 heavy (non-hydrogen) atoms. The van der Waals surface area contributed by atoms with Crippen LogP contribution in [0.2, 0.25) is 0 Å². The molecule has 1 aromatic heterocycles. The molecule has 7 aliphatic rings. The number of likely N-dealkylation sites (tertiary alicyclic amines) is 4. The fourth-order valence-corrected chi connectivity index (χ4v) is 19.0. The van der Waals surface area contributed by atoms with Crippen LogP contribution in [-0.4, -0.2) is 165 Å². The molecule has 9 heteroatoms. The monoisotopic (exact) mass is 1810 g/mol. The summed E-state index contributed by atoms with van der Waals surface area (Å²) in [6.45, 7) is 133. The molecule has 0 spiro atoms. The van der Waals surface area contributed by atoms with Crippen LogP contribution in [-0.2, 0) is 37.2 Å². The minimum absolute atomic E-state index is 0.132. The average Bonchev–Trinajstić information content (AvgIpc) is 1.61. The predicted octanol–water partition coefficient (Wildman–Crippen LogP) is 32.8. The van der Waals surface area contributed by atoms with Gasteiger partial charge in [-0.05, 0) is 309 Å². The third kappa shape index (κ3) is 43.7. The Morgan fingerprint density at radius 3 is 1.03 bits per heavy atom. The maximum Gasteiger partial charge on any atom is 0.111 e. The lowest BCUT2D eigenvalue weighted by Gasteiger charge is -2.49. The van der Waals surface area contributed by atoms with E-state index in [2.05, 4.69) is 472 Å². The van der Waals surface area contributed by atoms with Gasteiger partial charge < -0.3 is 24.4 Å². The summed E-state index contributed by atoms with van der Waals surface area (Å²) in [5.74, 6) is 7.74. The molecule has 5 unspecified atom stereocenters. The summed E-state index contributed by atoms with van der Waals surface area (Å²) in [4.78, 5) is 23.4. The molecule has 3 aromatic carbocycles. The second-order valence-corrected chi connectivity index (χ2v) is 56.1. The van der Waals surface area contributed by atoms with E-state index in [-0.39, 0.29) is 37.9 Å². The number of morpholine rings is 1. The smallest absolute Gasteiger partial charge is 0.111 e. The van der Waals surface area contributed by atoms with E-state index in [0.717, 1.165) is 97.3 Å². The number of benzene rings is 3. The van der Waals surface area contributed by atoms with Crippen molar-refractivity contribution in [2.45, 2.75) is 516 Å².